The summed E-state index contributed by atoms with van der Waals surface area (Å²) in [6.07, 6.45) is 1.18. The molecule has 0 fully saturated rings. The molecule has 1 aromatic heterocycles. The Balaban J connectivity index is 2.01. The van der Waals surface area contributed by atoms with E-state index < -0.39 is 22.6 Å². The molecule has 0 atom stereocenters. The first-order valence-electron chi connectivity index (χ1n) is 8.52. The average Bonchev–Trinajstić information content (AvgIpc) is 2.63. The van der Waals surface area contributed by atoms with Gasteiger partial charge in [-0.2, -0.15) is 5.26 Å². The standard InChI is InChI=1S/C21H18FN3O3/c1-21(2,3)14-7-15(22)16(8-17(14)26)25-20(28)13-10-24-18-11(9-23)5-4-6-12(18)19(13)27/h4-8,10,26H,1-3H3,(H,24,27)(H,25,28). The molecule has 0 aliphatic rings. The Morgan fingerprint density at radius 1 is 1.29 bits per heavy atom. The van der Waals surface area contributed by atoms with Crippen LogP contribution < -0.4 is 10.7 Å². The summed E-state index contributed by atoms with van der Waals surface area (Å²) < 4.78 is 14.4. The third-order valence-electron chi connectivity index (χ3n) is 4.42. The molecule has 7 heteroatoms. The molecular formula is C21H18FN3O3. The van der Waals surface area contributed by atoms with Crippen LogP contribution in [0.25, 0.3) is 10.9 Å². The van der Waals surface area contributed by atoms with Crippen molar-refractivity contribution in [3.63, 3.8) is 0 Å². The summed E-state index contributed by atoms with van der Waals surface area (Å²) in [5.74, 6) is -1.71. The number of fused-ring (bicyclic) bond motifs is 1. The van der Waals surface area contributed by atoms with Crippen molar-refractivity contribution in [3.8, 4) is 11.8 Å². The predicted molar refractivity (Wildman–Crippen MR) is 104 cm³/mol. The van der Waals surface area contributed by atoms with Crippen LogP contribution in [0.2, 0.25) is 0 Å². The van der Waals surface area contributed by atoms with Crippen LogP contribution in [-0.2, 0) is 5.41 Å². The number of pyridine rings is 1. The number of nitriles is 1. The van der Waals surface area contributed by atoms with Gasteiger partial charge in [0, 0.05) is 23.2 Å². The van der Waals surface area contributed by atoms with E-state index >= 15 is 0 Å². The van der Waals surface area contributed by atoms with Crippen LogP contribution in [0.5, 0.6) is 5.75 Å². The summed E-state index contributed by atoms with van der Waals surface area (Å²) in [6, 6.07) is 8.84. The van der Waals surface area contributed by atoms with Gasteiger partial charge in [-0.25, -0.2) is 4.39 Å². The molecule has 6 nitrogen and oxygen atoms in total. The van der Waals surface area contributed by atoms with Gasteiger partial charge in [0.15, 0.2) is 0 Å². The molecule has 0 bridgehead atoms. The molecule has 3 rings (SSSR count). The summed E-state index contributed by atoms with van der Waals surface area (Å²) in [6.45, 7) is 5.47. The van der Waals surface area contributed by atoms with Crippen LogP contribution in [-0.4, -0.2) is 16.0 Å². The first-order valence-corrected chi connectivity index (χ1v) is 8.52. The number of aromatic amines is 1. The quantitative estimate of drug-likeness (QED) is 0.630. The Hall–Kier alpha value is -3.66. The SMILES string of the molecule is CC(C)(C)c1cc(F)c(NC(=O)c2c[nH]c3c(C#N)cccc3c2=O)cc1O. The van der Waals surface area contributed by atoms with Crippen molar-refractivity contribution in [3.05, 3.63) is 69.3 Å². The highest BCUT2D eigenvalue weighted by atomic mass is 19.1. The Morgan fingerprint density at radius 2 is 2.00 bits per heavy atom. The molecule has 0 spiro atoms. The Morgan fingerprint density at radius 3 is 2.64 bits per heavy atom. The number of phenols is 1. The molecule has 3 N–H and O–H groups in total. The van der Waals surface area contributed by atoms with E-state index in [1.54, 1.807) is 12.1 Å². The van der Waals surface area contributed by atoms with E-state index in [0.717, 1.165) is 12.1 Å². The first-order chi connectivity index (χ1) is 13.1. The van der Waals surface area contributed by atoms with Gasteiger partial charge in [0.25, 0.3) is 5.91 Å². The largest absolute Gasteiger partial charge is 0.508 e. The summed E-state index contributed by atoms with van der Waals surface area (Å²) >= 11 is 0. The van der Waals surface area contributed by atoms with E-state index in [2.05, 4.69) is 10.3 Å². The average molecular weight is 379 g/mol. The molecule has 0 saturated carbocycles. The Bertz CT molecular complexity index is 1200. The molecule has 0 unspecified atom stereocenters. The number of carbonyl (C=O) groups excluding carboxylic acids is 1. The van der Waals surface area contributed by atoms with Gasteiger partial charge in [0.05, 0.1) is 16.8 Å². The number of aromatic nitrogens is 1. The molecular weight excluding hydrogens is 361 g/mol. The van der Waals surface area contributed by atoms with Gasteiger partial charge in [0.1, 0.15) is 23.2 Å². The number of nitrogens with one attached hydrogen (secondary N) is 2. The molecule has 0 radical (unpaired) electrons. The molecule has 0 aliphatic carbocycles. The topological polar surface area (TPSA) is 106 Å². The van der Waals surface area contributed by atoms with Crippen molar-refractivity contribution in [1.82, 2.24) is 4.98 Å². The van der Waals surface area contributed by atoms with Gasteiger partial charge in [-0.15, -0.1) is 0 Å². The first kappa shape index (κ1) is 19.1. The molecule has 1 heterocycles. The van der Waals surface area contributed by atoms with Crippen molar-refractivity contribution in [1.29, 1.82) is 5.26 Å². The minimum absolute atomic E-state index is 0.157. The van der Waals surface area contributed by atoms with Crippen molar-refractivity contribution >= 4 is 22.5 Å². The lowest BCUT2D eigenvalue weighted by Crippen LogP contribution is -2.23. The molecule has 1 amide bonds. The molecule has 0 aliphatic heterocycles. The fourth-order valence-corrected chi connectivity index (χ4v) is 2.96. The Labute approximate surface area is 160 Å². The maximum absolute atomic E-state index is 14.4. The maximum atomic E-state index is 14.4. The van der Waals surface area contributed by atoms with E-state index in [-0.39, 0.29) is 28.0 Å². The highest BCUT2D eigenvalue weighted by Crippen LogP contribution is 2.34. The van der Waals surface area contributed by atoms with Crippen LogP contribution in [0, 0.1) is 17.1 Å². The minimum Gasteiger partial charge on any atom is -0.508 e. The lowest BCUT2D eigenvalue weighted by molar-refractivity contribution is 0.102. The number of amides is 1. The number of hydrogen-bond donors (Lipinski definition) is 3. The molecule has 142 valence electrons. The minimum atomic E-state index is -0.827. The third kappa shape index (κ3) is 3.32. The zero-order valence-corrected chi connectivity index (χ0v) is 15.6. The van der Waals surface area contributed by atoms with Gasteiger partial charge in [-0.05, 0) is 23.6 Å². The molecule has 2 aromatic carbocycles. The van der Waals surface area contributed by atoms with E-state index in [0.29, 0.717) is 11.1 Å². The maximum Gasteiger partial charge on any atom is 0.261 e. The van der Waals surface area contributed by atoms with E-state index in [4.69, 9.17) is 5.26 Å². The smallest absolute Gasteiger partial charge is 0.261 e. The number of phenolic OH excluding ortho intramolecular Hbond substituents is 1. The number of nitrogens with zero attached hydrogens (tertiary/aromatic N) is 1. The van der Waals surface area contributed by atoms with Crippen molar-refractivity contribution in [2.75, 3.05) is 5.32 Å². The summed E-state index contributed by atoms with van der Waals surface area (Å²) in [5, 5.41) is 21.8. The van der Waals surface area contributed by atoms with Gasteiger partial charge < -0.3 is 15.4 Å². The molecule has 3 aromatic rings. The number of halogens is 1. The van der Waals surface area contributed by atoms with E-state index in [1.165, 1.54) is 12.3 Å². The lowest BCUT2D eigenvalue weighted by atomic mass is 9.86. The van der Waals surface area contributed by atoms with Gasteiger partial charge in [-0.3, -0.25) is 9.59 Å². The predicted octanol–water partition coefficient (Wildman–Crippen LogP) is 3.79. The van der Waals surface area contributed by atoms with Crippen molar-refractivity contribution < 1.29 is 14.3 Å². The van der Waals surface area contributed by atoms with Gasteiger partial charge in [-0.1, -0.05) is 26.8 Å². The van der Waals surface area contributed by atoms with Crippen molar-refractivity contribution in [2.24, 2.45) is 0 Å². The van der Waals surface area contributed by atoms with Crippen LogP contribution in [0.15, 0.2) is 41.3 Å². The normalized spacial score (nSPS) is 11.2. The van der Waals surface area contributed by atoms with Crippen LogP contribution in [0.4, 0.5) is 10.1 Å². The van der Waals surface area contributed by atoms with Crippen LogP contribution in [0.1, 0.15) is 42.3 Å². The monoisotopic (exact) mass is 379 g/mol. The second-order valence-corrected chi connectivity index (χ2v) is 7.42. The second-order valence-electron chi connectivity index (χ2n) is 7.42. The Kier molecular flexibility index (Phi) is 4.65. The number of carbonyl (C=O) groups is 1. The second kappa shape index (κ2) is 6.82. The highest BCUT2D eigenvalue weighted by molar-refractivity contribution is 6.06. The molecule has 28 heavy (non-hydrogen) atoms. The van der Waals surface area contributed by atoms with E-state index in [9.17, 15) is 19.1 Å². The summed E-state index contributed by atoms with van der Waals surface area (Å²) in [7, 11) is 0. The third-order valence-corrected chi connectivity index (χ3v) is 4.42. The number of benzene rings is 2. The number of H-pyrrole nitrogens is 1. The number of para-hydroxylation sites is 1. The number of rotatable bonds is 2. The summed E-state index contributed by atoms with van der Waals surface area (Å²) in [5.41, 5.74) is -0.543. The lowest BCUT2D eigenvalue weighted by Gasteiger charge is -2.21. The van der Waals surface area contributed by atoms with Crippen molar-refractivity contribution in [2.45, 2.75) is 26.2 Å². The fraction of sp³-hybridized carbons (Fsp3) is 0.190. The molecule has 0 saturated heterocycles. The zero-order valence-electron chi connectivity index (χ0n) is 15.6. The van der Waals surface area contributed by atoms with Crippen LogP contribution >= 0.6 is 0 Å². The highest BCUT2D eigenvalue weighted by Gasteiger charge is 2.22. The van der Waals surface area contributed by atoms with Gasteiger partial charge >= 0.3 is 0 Å². The fourth-order valence-electron chi connectivity index (χ4n) is 2.96. The van der Waals surface area contributed by atoms with E-state index in [1.807, 2.05) is 26.8 Å². The number of hydrogen-bond acceptors (Lipinski definition) is 4. The van der Waals surface area contributed by atoms with Crippen LogP contribution in [0.3, 0.4) is 0 Å². The summed E-state index contributed by atoms with van der Waals surface area (Å²) in [4.78, 5) is 27.9. The number of aromatic hydroxyl groups is 1. The zero-order chi connectivity index (χ0) is 20.6. The number of anilines is 1. The van der Waals surface area contributed by atoms with Gasteiger partial charge in [0.2, 0.25) is 5.43 Å².